The van der Waals surface area contributed by atoms with Gasteiger partial charge < -0.3 is 14.4 Å². The van der Waals surface area contributed by atoms with E-state index in [-0.39, 0.29) is 5.88 Å². The molecule has 0 saturated heterocycles. The van der Waals surface area contributed by atoms with Crippen LogP contribution in [0.2, 0.25) is 0 Å². The molecule has 0 aromatic rings. The molecule has 86 valence electrons. The molecule has 1 amide bonds. The second kappa shape index (κ2) is 6.23. The summed E-state index contributed by atoms with van der Waals surface area (Å²) in [5.41, 5.74) is 0. The largest absolute Gasteiger partial charge is 0.467 e. The first-order chi connectivity index (χ1) is 6.99. The number of hydrogen-bond donors (Lipinski definition) is 0. The fourth-order valence-electron chi connectivity index (χ4n) is 0.874. The second-order valence-corrected chi connectivity index (χ2v) is 2.85. The minimum absolute atomic E-state index is 0.332. The van der Waals surface area contributed by atoms with Crippen LogP contribution in [0, 0.1) is 0 Å². The van der Waals surface area contributed by atoms with E-state index in [0.29, 0.717) is 0 Å². The van der Waals surface area contributed by atoms with Crippen molar-refractivity contribution in [2.45, 2.75) is 6.04 Å². The summed E-state index contributed by atoms with van der Waals surface area (Å²) in [5, 5.41) is 0. The Morgan fingerprint density at radius 1 is 1.20 bits per heavy atom. The average Bonchev–Trinajstić information content (AvgIpc) is 2.27. The molecule has 0 aromatic carbocycles. The maximum Gasteiger partial charge on any atom is 0.340 e. The molecule has 0 heterocycles. The molecule has 0 unspecified atom stereocenters. The van der Waals surface area contributed by atoms with Gasteiger partial charge in [0.15, 0.2) is 0 Å². The van der Waals surface area contributed by atoms with Gasteiger partial charge in [-0.05, 0) is 0 Å². The number of halogens is 1. The number of alkyl halides is 1. The average molecular weight is 238 g/mol. The molecule has 0 spiro atoms. The molecule has 0 N–H and O–H groups in total. The maximum absolute atomic E-state index is 11.2. The lowest BCUT2D eigenvalue weighted by atomic mass is 10.2. The third-order valence-electron chi connectivity index (χ3n) is 1.74. The van der Waals surface area contributed by atoms with Gasteiger partial charge in [-0.2, -0.15) is 0 Å². The Hall–Kier alpha value is -1.30. The quantitative estimate of drug-likeness (QED) is 0.371. The monoisotopic (exact) mass is 237 g/mol. The Bertz CT molecular complexity index is 252. The number of rotatable bonds is 4. The smallest absolute Gasteiger partial charge is 0.340 e. The Morgan fingerprint density at radius 3 is 1.87 bits per heavy atom. The molecule has 0 atom stereocenters. The minimum Gasteiger partial charge on any atom is -0.467 e. The van der Waals surface area contributed by atoms with Gasteiger partial charge in [-0.3, -0.25) is 4.79 Å². The molecule has 15 heavy (non-hydrogen) atoms. The first-order valence-electron chi connectivity index (χ1n) is 3.96. The highest BCUT2D eigenvalue weighted by molar-refractivity contribution is 6.27. The van der Waals surface area contributed by atoms with Crippen molar-refractivity contribution >= 4 is 29.4 Å². The van der Waals surface area contributed by atoms with Crippen LogP contribution in [-0.2, 0) is 23.9 Å². The number of likely N-dealkylation sites (N-methyl/N-ethyl adjacent to an activating group) is 1. The topological polar surface area (TPSA) is 72.9 Å². The third-order valence-corrected chi connectivity index (χ3v) is 1.97. The standard InChI is InChI=1S/C8H12ClNO5/c1-10(5(11)4-9)6(7(12)14-2)8(13)15-3/h6H,4H2,1-3H3. The number of hydrogen-bond acceptors (Lipinski definition) is 5. The molecular formula is C8H12ClNO5. The molecule has 0 radical (unpaired) electrons. The van der Waals surface area contributed by atoms with Crippen LogP contribution in [0.15, 0.2) is 0 Å². The molecule has 0 aromatic heterocycles. The fourth-order valence-corrected chi connectivity index (χ4v) is 1.06. The highest BCUT2D eigenvalue weighted by Gasteiger charge is 2.35. The molecule has 0 aliphatic heterocycles. The molecule has 0 aliphatic carbocycles. The normalized spacial score (nSPS) is 9.67. The Labute approximate surface area is 92.1 Å². The van der Waals surface area contributed by atoms with Crippen molar-refractivity contribution in [2.24, 2.45) is 0 Å². The third kappa shape index (κ3) is 3.39. The van der Waals surface area contributed by atoms with Crippen molar-refractivity contribution in [1.82, 2.24) is 4.90 Å². The van der Waals surface area contributed by atoms with Crippen LogP contribution in [0.25, 0.3) is 0 Å². The lowest BCUT2D eigenvalue weighted by Gasteiger charge is -2.22. The Balaban J connectivity index is 4.85. The van der Waals surface area contributed by atoms with Gasteiger partial charge in [-0.15, -0.1) is 11.6 Å². The van der Waals surface area contributed by atoms with E-state index in [4.69, 9.17) is 11.6 Å². The first kappa shape index (κ1) is 13.7. The van der Waals surface area contributed by atoms with Crippen LogP contribution in [0.5, 0.6) is 0 Å². The Morgan fingerprint density at radius 2 is 1.60 bits per heavy atom. The van der Waals surface area contributed by atoms with Crippen LogP contribution in [-0.4, -0.2) is 55.9 Å². The molecular weight excluding hydrogens is 226 g/mol. The summed E-state index contributed by atoms with van der Waals surface area (Å²) in [7, 11) is 3.48. The first-order valence-corrected chi connectivity index (χ1v) is 4.50. The van der Waals surface area contributed by atoms with E-state index in [2.05, 4.69) is 9.47 Å². The SMILES string of the molecule is COC(=O)C(C(=O)OC)N(C)C(=O)CCl. The number of methoxy groups -OCH3 is 2. The molecule has 0 aliphatic rings. The lowest BCUT2D eigenvalue weighted by Crippen LogP contribution is -2.49. The molecule has 0 fully saturated rings. The van der Waals surface area contributed by atoms with Crippen molar-refractivity contribution in [1.29, 1.82) is 0 Å². The maximum atomic E-state index is 11.2. The summed E-state index contributed by atoms with van der Waals surface area (Å²) in [4.78, 5) is 34.5. The fraction of sp³-hybridized carbons (Fsp3) is 0.625. The van der Waals surface area contributed by atoms with E-state index < -0.39 is 23.9 Å². The second-order valence-electron chi connectivity index (χ2n) is 2.59. The minimum atomic E-state index is -1.41. The van der Waals surface area contributed by atoms with Gasteiger partial charge in [0.25, 0.3) is 0 Å². The zero-order valence-electron chi connectivity index (χ0n) is 8.65. The molecule has 0 rings (SSSR count). The zero-order valence-corrected chi connectivity index (χ0v) is 9.41. The number of esters is 2. The van der Waals surface area contributed by atoms with Crippen LogP contribution in [0.1, 0.15) is 0 Å². The Kier molecular flexibility index (Phi) is 5.69. The lowest BCUT2D eigenvalue weighted by molar-refractivity contribution is -0.163. The van der Waals surface area contributed by atoms with Crippen molar-refractivity contribution in [2.75, 3.05) is 27.1 Å². The molecule has 0 saturated carbocycles. The van der Waals surface area contributed by atoms with Crippen LogP contribution < -0.4 is 0 Å². The van der Waals surface area contributed by atoms with E-state index in [0.717, 1.165) is 19.1 Å². The number of ether oxygens (including phenoxy) is 2. The highest BCUT2D eigenvalue weighted by Crippen LogP contribution is 2.03. The van der Waals surface area contributed by atoms with Crippen LogP contribution >= 0.6 is 11.6 Å². The number of carbonyl (C=O) groups is 3. The summed E-state index contributed by atoms with van der Waals surface area (Å²) in [5.74, 6) is -2.65. The molecule has 6 nitrogen and oxygen atoms in total. The predicted octanol–water partition coefficient (Wildman–Crippen LogP) is -0.602. The van der Waals surface area contributed by atoms with Crippen molar-refractivity contribution in [3.63, 3.8) is 0 Å². The van der Waals surface area contributed by atoms with E-state index in [1.807, 2.05) is 0 Å². The van der Waals surface area contributed by atoms with E-state index in [1.54, 1.807) is 0 Å². The van der Waals surface area contributed by atoms with Gasteiger partial charge in [0.05, 0.1) is 14.2 Å². The number of amides is 1. The predicted molar refractivity (Wildman–Crippen MR) is 51.3 cm³/mol. The van der Waals surface area contributed by atoms with Crippen LogP contribution in [0.3, 0.4) is 0 Å². The summed E-state index contributed by atoms with van der Waals surface area (Å²) >= 11 is 5.29. The number of nitrogens with zero attached hydrogens (tertiary/aromatic N) is 1. The van der Waals surface area contributed by atoms with E-state index in [1.165, 1.54) is 7.05 Å². The van der Waals surface area contributed by atoms with E-state index in [9.17, 15) is 14.4 Å². The number of carbonyl (C=O) groups excluding carboxylic acids is 3. The summed E-state index contributed by atoms with van der Waals surface area (Å²) in [6.07, 6.45) is 0. The van der Waals surface area contributed by atoms with Gasteiger partial charge in [0, 0.05) is 7.05 Å². The summed E-state index contributed by atoms with van der Waals surface area (Å²) in [6.45, 7) is 0. The van der Waals surface area contributed by atoms with Gasteiger partial charge >= 0.3 is 11.9 Å². The van der Waals surface area contributed by atoms with Crippen molar-refractivity contribution in [3.8, 4) is 0 Å². The zero-order chi connectivity index (χ0) is 12.0. The van der Waals surface area contributed by atoms with Crippen molar-refractivity contribution < 1.29 is 23.9 Å². The van der Waals surface area contributed by atoms with Crippen LogP contribution in [0.4, 0.5) is 0 Å². The van der Waals surface area contributed by atoms with E-state index >= 15 is 0 Å². The van der Waals surface area contributed by atoms with Gasteiger partial charge in [-0.25, -0.2) is 9.59 Å². The van der Waals surface area contributed by atoms with Crippen molar-refractivity contribution in [3.05, 3.63) is 0 Å². The van der Waals surface area contributed by atoms with Gasteiger partial charge in [0.2, 0.25) is 11.9 Å². The molecule has 0 bridgehead atoms. The molecule has 7 heteroatoms. The summed E-state index contributed by atoms with van der Waals surface area (Å²) < 4.78 is 8.75. The summed E-state index contributed by atoms with van der Waals surface area (Å²) in [6, 6.07) is -1.41. The highest BCUT2D eigenvalue weighted by atomic mass is 35.5. The van der Waals surface area contributed by atoms with Gasteiger partial charge in [0.1, 0.15) is 5.88 Å². The van der Waals surface area contributed by atoms with Gasteiger partial charge in [-0.1, -0.05) is 0 Å².